The molecular weight excluding hydrogens is 603 g/mol. The van der Waals surface area contributed by atoms with E-state index < -0.39 is 0 Å². The molecule has 10 rings (SSSR count). The van der Waals surface area contributed by atoms with Gasteiger partial charge < -0.3 is 4.90 Å². The molecule has 1 nitrogen and oxygen atoms in total. The van der Waals surface area contributed by atoms with Gasteiger partial charge in [-0.25, -0.2) is 0 Å². The highest BCUT2D eigenvalue weighted by atomic mass is 15.1. The Bertz CT molecular complexity index is 2500. The van der Waals surface area contributed by atoms with Gasteiger partial charge in [0.2, 0.25) is 0 Å². The van der Waals surface area contributed by atoms with E-state index in [1.165, 1.54) is 83.2 Å². The maximum Gasteiger partial charge on any atom is 0.0543 e. The molecule has 0 radical (unpaired) electrons. The van der Waals surface area contributed by atoms with E-state index in [1.807, 2.05) is 0 Å². The summed E-state index contributed by atoms with van der Waals surface area (Å²) in [6.45, 7) is 4.71. The third-order valence-electron chi connectivity index (χ3n) is 11.3. The number of hydrogen-bond acceptors (Lipinski definition) is 1. The second kappa shape index (κ2) is 11.1. The average molecular weight is 640 g/mol. The Balaban J connectivity index is 1.12. The van der Waals surface area contributed by atoms with E-state index in [1.54, 1.807) is 0 Å². The molecule has 0 N–H and O–H groups in total. The van der Waals surface area contributed by atoms with Gasteiger partial charge in [0.1, 0.15) is 0 Å². The van der Waals surface area contributed by atoms with Crippen molar-refractivity contribution in [1.82, 2.24) is 0 Å². The van der Waals surface area contributed by atoms with Crippen LogP contribution in [0, 0.1) is 0 Å². The van der Waals surface area contributed by atoms with Gasteiger partial charge in [0.15, 0.2) is 0 Å². The zero-order chi connectivity index (χ0) is 33.4. The number of benzene rings is 7. The summed E-state index contributed by atoms with van der Waals surface area (Å²) in [5.74, 6) is 0. The molecular formula is C49H37N. The van der Waals surface area contributed by atoms with Crippen molar-refractivity contribution in [2.75, 3.05) is 4.90 Å². The fraction of sp³-hybridized carbons (Fsp3) is 0.102. The van der Waals surface area contributed by atoms with Crippen LogP contribution in [0.3, 0.4) is 0 Å². The minimum absolute atomic E-state index is 0.0754. The lowest BCUT2D eigenvalue weighted by molar-refractivity contribution is 0.660. The maximum absolute atomic E-state index is 2.45. The second-order valence-electron chi connectivity index (χ2n) is 14.4. The number of anilines is 3. The van der Waals surface area contributed by atoms with Crippen molar-refractivity contribution in [3.05, 3.63) is 186 Å². The van der Waals surface area contributed by atoms with E-state index in [4.69, 9.17) is 0 Å². The number of nitrogens with zero attached hydrogens (tertiary/aromatic N) is 1. The van der Waals surface area contributed by atoms with Crippen molar-refractivity contribution in [2.24, 2.45) is 0 Å². The molecule has 0 aromatic heterocycles. The summed E-state index contributed by atoms with van der Waals surface area (Å²) in [5.41, 5.74) is 19.4. The molecule has 0 aliphatic heterocycles. The van der Waals surface area contributed by atoms with Crippen molar-refractivity contribution >= 4 is 39.0 Å². The number of rotatable bonds is 5. The van der Waals surface area contributed by atoms with Gasteiger partial charge in [0, 0.05) is 22.4 Å². The largest absolute Gasteiger partial charge is 0.310 e. The van der Waals surface area contributed by atoms with Gasteiger partial charge in [0.25, 0.3) is 0 Å². The summed E-state index contributed by atoms with van der Waals surface area (Å²) in [5, 5.41) is 2.73. The molecule has 3 aliphatic carbocycles. The van der Waals surface area contributed by atoms with Crippen LogP contribution < -0.4 is 4.90 Å². The van der Waals surface area contributed by atoms with E-state index in [9.17, 15) is 0 Å². The molecule has 0 spiro atoms. The van der Waals surface area contributed by atoms with Gasteiger partial charge >= 0.3 is 0 Å². The van der Waals surface area contributed by atoms with Crippen LogP contribution in [0.1, 0.15) is 48.9 Å². The Hall–Kier alpha value is -5.92. The molecule has 0 saturated heterocycles. The number of hydrogen-bond donors (Lipinski definition) is 0. The van der Waals surface area contributed by atoms with Crippen LogP contribution >= 0.6 is 0 Å². The fourth-order valence-electron chi connectivity index (χ4n) is 8.87. The molecule has 3 aliphatic rings. The summed E-state index contributed by atoms with van der Waals surface area (Å²) in [4.78, 5) is 2.45. The zero-order valence-electron chi connectivity index (χ0n) is 28.4. The van der Waals surface area contributed by atoms with Crippen molar-refractivity contribution in [3.8, 4) is 33.4 Å². The highest BCUT2D eigenvalue weighted by Gasteiger charge is 2.37. The summed E-state index contributed by atoms with van der Waals surface area (Å²) in [7, 11) is 0. The van der Waals surface area contributed by atoms with E-state index in [0.29, 0.717) is 0 Å². The second-order valence-corrected chi connectivity index (χ2v) is 14.4. The molecule has 1 heteroatoms. The first-order valence-electron chi connectivity index (χ1n) is 17.8. The van der Waals surface area contributed by atoms with E-state index in [0.717, 1.165) is 24.2 Å². The van der Waals surface area contributed by atoms with Gasteiger partial charge in [0.05, 0.1) is 5.69 Å². The third-order valence-corrected chi connectivity index (χ3v) is 11.3. The lowest BCUT2D eigenvalue weighted by atomic mass is 9.82. The predicted molar refractivity (Wildman–Crippen MR) is 212 cm³/mol. The van der Waals surface area contributed by atoms with Gasteiger partial charge in [-0.3, -0.25) is 0 Å². The molecule has 0 fully saturated rings. The van der Waals surface area contributed by atoms with E-state index in [-0.39, 0.29) is 5.41 Å². The highest BCUT2D eigenvalue weighted by Crippen LogP contribution is 2.54. The number of allylic oxidation sites excluding steroid dienone is 4. The first kappa shape index (κ1) is 29.0. The van der Waals surface area contributed by atoms with Crippen molar-refractivity contribution in [2.45, 2.75) is 32.1 Å². The molecule has 0 unspecified atom stereocenters. The van der Waals surface area contributed by atoms with E-state index in [2.05, 4.69) is 183 Å². The van der Waals surface area contributed by atoms with Crippen LogP contribution in [0.5, 0.6) is 0 Å². The van der Waals surface area contributed by atoms with Crippen LogP contribution in [-0.2, 0) is 5.41 Å². The van der Waals surface area contributed by atoms with Crippen molar-refractivity contribution < 1.29 is 0 Å². The SMILES string of the molecule is CC1(C)c2ccccc2-c2c(N(c3ccc(-c4ccccc4)cc3)c3ccc(-c4ccc5c6c(cccc46)C4=CCCC=C45)cc3)cccc21. The maximum atomic E-state index is 2.45. The quantitative estimate of drug-likeness (QED) is 0.181. The molecule has 0 saturated carbocycles. The predicted octanol–water partition coefficient (Wildman–Crippen LogP) is 13.5. The molecule has 7 aromatic rings. The smallest absolute Gasteiger partial charge is 0.0543 e. The normalized spacial score (nSPS) is 14.8. The topological polar surface area (TPSA) is 3.24 Å². The van der Waals surface area contributed by atoms with Gasteiger partial charge in [-0.1, -0.05) is 147 Å². The standard InChI is InChI=1S/C49H37N/c1-49(2)44-19-9-8-16-43(44)48-45(49)20-11-21-46(48)50(35-26-22-33(23-27-35)32-12-4-3-5-13-32)36-28-24-34(25-29-36)37-30-31-42-39-15-7-6-14-38(39)41-18-10-17-40(37)47(41)42/h3-5,8-31H,6-7H2,1-2H3. The van der Waals surface area contributed by atoms with Crippen LogP contribution in [0.2, 0.25) is 0 Å². The monoisotopic (exact) mass is 639 g/mol. The first-order chi connectivity index (χ1) is 24.6. The summed E-state index contributed by atoms with van der Waals surface area (Å²) < 4.78 is 0. The Labute approximate surface area is 294 Å². The highest BCUT2D eigenvalue weighted by molar-refractivity contribution is 6.24. The molecule has 0 atom stereocenters. The average Bonchev–Trinajstić information content (AvgIpc) is 3.63. The summed E-state index contributed by atoms with van der Waals surface area (Å²) in [6, 6.07) is 56.2. The van der Waals surface area contributed by atoms with Gasteiger partial charge in [-0.05, 0) is 115 Å². The Kier molecular flexibility index (Phi) is 6.42. The van der Waals surface area contributed by atoms with Crippen molar-refractivity contribution in [1.29, 1.82) is 0 Å². The third kappa shape index (κ3) is 4.26. The van der Waals surface area contributed by atoms with Gasteiger partial charge in [-0.2, -0.15) is 0 Å². The lowest BCUT2D eigenvalue weighted by Gasteiger charge is -2.29. The Morgan fingerprint density at radius 1 is 0.440 bits per heavy atom. The Morgan fingerprint density at radius 3 is 1.74 bits per heavy atom. The lowest BCUT2D eigenvalue weighted by Crippen LogP contribution is -2.16. The zero-order valence-corrected chi connectivity index (χ0v) is 28.4. The first-order valence-corrected chi connectivity index (χ1v) is 17.8. The molecule has 0 bridgehead atoms. The minimum Gasteiger partial charge on any atom is -0.310 e. The fourth-order valence-corrected chi connectivity index (χ4v) is 8.87. The Morgan fingerprint density at radius 2 is 1.00 bits per heavy atom. The van der Waals surface area contributed by atoms with Crippen LogP contribution in [0.4, 0.5) is 17.1 Å². The molecule has 7 aromatic carbocycles. The number of fused-ring (bicyclic) bond motifs is 6. The molecule has 50 heavy (non-hydrogen) atoms. The van der Waals surface area contributed by atoms with Crippen LogP contribution in [0.15, 0.2) is 164 Å². The molecule has 0 heterocycles. The van der Waals surface area contributed by atoms with Gasteiger partial charge in [-0.15, -0.1) is 0 Å². The summed E-state index contributed by atoms with van der Waals surface area (Å²) in [6.07, 6.45) is 7.10. The summed E-state index contributed by atoms with van der Waals surface area (Å²) >= 11 is 0. The molecule has 0 amide bonds. The minimum atomic E-state index is -0.0754. The molecule has 238 valence electrons. The van der Waals surface area contributed by atoms with Crippen LogP contribution in [-0.4, -0.2) is 0 Å². The van der Waals surface area contributed by atoms with E-state index >= 15 is 0 Å². The van der Waals surface area contributed by atoms with Crippen molar-refractivity contribution in [3.63, 3.8) is 0 Å². The van der Waals surface area contributed by atoms with Crippen LogP contribution in [0.25, 0.3) is 55.3 Å².